The summed E-state index contributed by atoms with van der Waals surface area (Å²) in [6.07, 6.45) is 3.30. The Bertz CT molecular complexity index is 555. The topological polar surface area (TPSA) is 18.5 Å². The van der Waals surface area contributed by atoms with E-state index in [0.717, 1.165) is 31.2 Å². The molecule has 0 spiro atoms. The van der Waals surface area contributed by atoms with Crippen LogP contribution in [0.15, 0.2) is 18.2 Å². The summed E-state index contributed by atoms with van der Waals surface area (Å²) in [6, 6.07) is 3.36. The molecule has 1 aromatic rings. The highest BCUT2D eigenvalue weighted by Gasteiger charge is 2.35. The molecule has 2 saturated carbocycles. The lowest BCUT2D eigenvalue weighted by Gasteiger charge is -2.17. The van der Waals surface area contributed by atoms with Crippen molar-refractivity contribution in [1.29, 1.82) is 0 Å². The fourth-order valence-electron chi connectivity index (χ4n) is 2.09. The molecule has 0 bridgehead atoms. The maximum atomic E-state index is 12.6. The second kappa shape index (κ2) is 5.28. The summed E-state index contributed by atoms with van der Waals surface area (Å²) in [6.45, 7) is 1.63. The Hall–Kier alpha value is -1.65. The van der Waals surface area contributed by atoms with Crippen LogP contribution >= 0.6 is 0 Å². The van der Waals surface area contributed by atoms with Crippen LogP contribution < -0.4 is 9.47 Å². The zero-order valence-electron chi connectivity index (χ0n) is 11.7. The van der Waals surface area contributed by atoms with E-state index in [0.29, 0.717) is 11.5 Å². The number of benzene rings is 1. The van der Waals surface area contributed by atoms with E-state index >= 15 is 0 Å². The molecule has 0 N–H and O–H groups in total. The first kappa shape index (κ1) is 14.3. The molecular formula is C16H17F3O2. The lowest BCUT2D eigenvalue weighted by atomic mass is 10.1. The highest BCUT2D eigenvalue weighted by molar-refractivity contribution is 5.62. The van der Waals surface area contributed by atoms with Crippen LogP contribution in [0.3, 0.4) is 0 Å². The van der Waals surface area contributed by atoms with Crippen molar-refractivity contribution >= 4 is 6.08 Å². The summed E-state index contributed by atoms with van der Waals surface area (Å²) in [5, 5.41) is 0. The van der Waals surface area contributed by atoms with E-state index in [-0.39, 0.29) is 17.6 Å². The predicted octanol–water partition coefficient (Wildman–Crippen LogP) is 4.86. The Morgan fingerprint density at radius 1 is 1.14 bits per heavy atom. The van der Waals surface area contributed by atoms with Crippen LogP contribution in [-0.2, 0) is 0 Å². The SMILES string of the molecule is Cc1c(/C=C/C2CC2)ccc(OC2CC2)c1OC(F)(F)F. The van der Waals surface area contributed by atoms with Crippen molar-refractivity contribution in [3.8, 4) is 11.5 Å². The highest BCUT2D eigenvalue weighted by atomic mass is 19.4. The molecule has 1 aromatic carbocycles. The molecule has 0 aromatic heterocycles. The van der Waals surface area contributed by atoms with Gasteiger partial charge in [0, 0.05) is 5.56 Å². The molecule has 0 amide bonds. The van der Waals surface area contributed by atoms with Gasteiger partial charge >= 0.3 is 6.36 Å². The first-order valence-corrected chi connectivity index (χ1v) is 7.16. The van der Waals surface area contributed by atoms with Gasteiger partial charge in [-0.05, 0) is 50.2 Å². The Morgan fingerprint density at radius 3 is 2.43 bits per heavy atom. The lowest BCUT2D eigenvalue weighted by molar-refractivity contribution is -0.275. The van der Waals surface area contributed by atoms with Crippen LogP contribution in [0.2, 0.25) is 0 Å². The summed E-state index contributed by atoms with van der Waals surface area (Å²) in [7, 11) is 0. The van der Waals surface area contributed by atoms with Gasteiger partial charge in [-0.1, -0.05) is 18.2 Å². The van der Waals surface area contributed by atoms with Gasteiger partial charge < -0.3 is 9.47 Å². The molecule has 2 nitrogen and oxygen atoms in total. The maximum absolute atomic E-state index is 12.6. The van der Waals surface area contributed by atoms with Crippen molar-refractivity contribution in [2.45, 2.75) is 45.1 Å². The fourth-order valence-corrected chi connectivity index (χ4v) is 2.09. The van der Waals surface area contributed by atoms with Gasteiger partial charge in [-0.3, -0.25) is 0 Å². The normalized spacial score (nSPS) is 19.0. The van der Waals surface area contributed by atoms with Crippen molar-refractivity contribution in [3.05, 3.63) is 29.3 Å². The average molecular weight is 298 g/mol. The van der Waals surface area contributed by atoms with E-state index in [4.69, 9.17) is 4.74 Å². The number of allylic oxidation sites excluding steroid dienone is 1. The third-order valence-corrected chi connectivity index (χ3v) is 3.62. The molecule has 2 fully saturated rings. The van der Waals surface area contributed by atoms with Crippen molar-refractivity contribution in [2.75, 3.05) is 0 Å². The van der Waals surface area contributed by atoms with Gasteiger partial charge in [0.05, 0.1) is 6.10 Å². The zero-order chi connectivity index (χ0) is 15.0. The fraction of sp³-hybridized carbons (Fsp3) is 0.500. The van der Waals surface area contributed by atoms with Crippen molar-refractivity contribution in [3.63, 3.8) is 0 Å². The lowest BCUT2D eigenvalue weighted by Crippen LogP contribution is -2.19. The number of alkyl halides is 3. The average Bonchev–Trinajstić information content (AvgIpc) is 3.25. The molecular weight excluding hydrogens is 281 g/mol. The third kappa shape index (κ3) is 3.93. The van der Waals surface area contributed by atoms with Crippen LogP contribution in [0.1, 0.15) is 36.8 Å². The van der Waals surface area contributed by atoms with E-state index in [2.05, 4.69) is 4.74 Å². The van der Waals surface area contributed by atoms with Gasteiger partial charge in [0.1, 0.15) is 0 Å². The van der Waals surface area contributed by atoms with Gasteiger partial charge in [0.15, 0.2) is 11.5 Å². The summed E-state index contributed by atoms with van der Waals surface area (Å²) < 4.78 is 47.6. The standard InChI is InChI=1S/C16H17F3O2/c1-10-12(5-4-11-2-3-11)6-9-14(20-13-7-8-13)15(10)21-16(17,18)19/h4-6,9,11,13H,2-3,7-8H2,1H3/b5-4+. The van der Waals surface area contributed by atoms with Crippen LogP contribution in [0.25, 0.3) is 6.08 Å². The first-order chi connectivity index (χ1) is 9.92. The molecule has 0 radical (unpaired) electrons. The van der Waals surface area contributed by atoms with Gasteiger partial charge in [0.2, 0.25) is 0 Å². The van der Waals surface area contributed by atoms with Gasteiger partial charge in [0.25, 0.3) is 0 Å². The quantitative estimate of drug-likeness (QED) is 0.773. The van der Waals surface area contributed by atoms with Crippen molar-refractivity contribution in [2.24, 2.45) is 5.92 Å². The molecule has 0 heterocycles. The minimum Gasteiger partial charge on any atom is -0.487 e. The minimum atomic E-state index is -4.72. The van der Waals surface area contributed by atoms with E-state index in [1.807, 2.05) is 12.2 Å². The van der Waals surface area contributed by atoms with Crippen LogP contribution in [0.5, 0.6) is 11.5 Å². The summed E-state index contributed by atoms with van der Waals surface area (Å²) in [4.78, 5) is 0. The Morgan fingerprint density at radius 2 is 1.86 bits per heavy atom. The Balaban J connectivity index is 1.90. The molecule has 114 valence electrons. The molecule has 0 unspecified atom stereocenters. The van der Waals surface area contributed by atoms with Crippen LogP contribution in [0, 0.1) is 12.8 Å². The molecule has 21 heavy (non-hydrogen) atoms. The molecule has 0 atom stereocenters. The van der Waals surface area contributed by atoms with E-state index < -0.39 is 6.36 Å². The molecule has 2 aliphatic rings. The maximum Gasteiger partial charge on any atom is 0.573 e. The third-order valence-electron chi connectivity index (χ3n) is 3.62. The largest absolute Gasteiger partial charge is 0.573 e. The second-order valence-corrected chi connectivity index (χ2v) is 5.67. The minimum absolute atomic E-state index is 0.0211. The summed E-state index contributed by atoms with van der Waals surface area (Å²) >= 11 is 0. The van der Waals surface area contributed by atoms with Crippen molar-refractivity contribution < 1.29 is 22.6 Å². The molecule has 2 aliphatic carbocycles. The van der Waals surface area contributed by atoms with E-state index in [1.165, 1.54) is 0 Å². The molecule has 0 saturated heterocycles. The van der Waals surface area contributed by atoms with Gasteiger partial charge in [-0.25, -0.2) is 0 Å². The number of hydrogen-bond acceptors (Lipinski definition) is 2. The van der Waals surface area contributed by atoms with Crippen LogP contribution in [-0.4, -0.2) is 12.5 Å². The summed E-state index contributed by atoms with van der Waals surface area (Å²) in [5.74, 6) is 0.530. The monoisotopic (exact) mass is 298 g/mol. The number of rotatable bonds is 5. The van der Waals surface area contributed by atoms with Crippen molar-refractivity contribution in [1.82, 2.24) is 0 Å². The zero-order valence-corrected chi connectivity index (χ0v) is 11.7. The number of ether oxygens (including phenoxy) is 2. The first-order valence-electron chi connectivity index (χ1n) is 7.16. The Kier molecular flexibility index (Phi) is 3.59. The van der Waals surface area contributed by atoms with E-state index in [9.17, 15) is 13.2 Å². The number of hydrogen-bond donors (Lipinski definition) is 0. The second-order valence-electron chi connectivity index (χ2n) is 5.67. The van der Waals surface area contributed by atoms with E-state index in [1.54, 1.807) is 19.1 Å². The van der Waals surface area contributed by atoms with Gasteiger partial charge in [-0.2, -0.15) is 0 Å². The Labute approximate surface area is 121 Å². The molecule has 3 rings (SSSR count). The summed E-state index contributed by atoms with van der Waals surface area (Å²) in [5.41, 5.74) is 1.20. The molecule has 0 aliphatic heterocycles. The number of halogens is 3. The highest BCUT2D eigenvalue weighted by Crippen LogP contribution is 2.41. The molecule has 5 heteroatoms. The predicted molar refractivity (Wildman–Crippen MR) is 73.3 cm³/mol. The smallest absolute Gasteiger partial charge is 0.487 e. The van der Waals surface area contributed by atoms with Crippen LogP contribution in [0.4, 0.5) is 13.2 Å². The van der Waals surface area contributed by atoms with Gasteiger partial charge in [-0.15, -0.1) is 13.2 Å².